The molecule has 0 aliphatic carbocycles. The van der Waals surface area contributed by atoms with Crippen molar-refractivity contribution in [3.8, 4) is 5.75 Å². The lowest BCUT2D eigenvalue weighted by atomic mass is 10.1. The van der Waals surface area contributed by atoms with Crippen LogP contribution in [-0.4, -0.2) is 64.9 Å². The van der Waals surface area contributed by atoms with E-state index < -0.39 is 11.5 Å². The van der Waals surface area contributed by atoms with Gasteiger partial charge in [0, 0.05) is 45.0 Å². The van der Waals surface area contributed by atoms with Crippen LogP contribution in [-0.2, 0) is 11.2 Å². The van der Waals surface area contributed by atoms with Gasteiger partial charge in [-0.3, -0.25) is 14.4 Å². The SMILES string of the molecule is COc1cccc(CCC(=O)N2CCCN(C(=O)c3ncc[nH]c3=O)CC2)c1. The van der Waals surface area contributed by atoms with Crippen molar-refractivity contribution in [2.75, 3.05) is 33.3 Å². The molecule has 8 nitrogen and oxygen atoms in total. The van der Waals surface area contributed by atoms with Gasteiger partial charge in [0.05, 0.1) is 7.11 Å². The molecule has 2 amide bonds. The normalized spacial score (nSPS) is 14.5. The molecule has 8 heteroatoms. The lowest BCUT2D eigenvalue weighted by molar-refractivity contribution is -0.131. The molecule has 1 aliphatic rings. The van der Waals surface area contributed by atoms with Crippen LogP contribution in [0.4, 0.5) is 0 Å². The van der Waals surface area contributed by atoms with Gasteiger partial charge in [0.1, 0.15) is 5.75 Å². The maximum atomic E-state index is 12.6. The third kappa shape index (κ3) is 4.76. The van der Waals surface area contributed by atoms with Crippen molar-refractivity contribution < 1.29 is 14.3 Å². The standard InChI is InChI=1S/C20H24N4O4/c1-28-16-5-2-4-15(14-16)6-7-17(25)23-10-3-11-24(13-12-23)20(27)18-19(26)22-9-8-21-18/h2,4-5,8-9,14H,3,6-7,10-13H2,1H3,(H,22,26). The molecule has 0 bridgehead atoms. The topological polar surface area (TPSA) is 95.6 Å². The molecule has 2 heterocycles. The minimum Gasteiger partial charge on any atom is -0.497 e. The largest absolute Gasteiger partial charge is 0.497 e. The minimum absolute atomic E-state index is 0.0628. The highest BCUT2D eigenvalue weighted by Gasteiger charge is 2.24. The second-order valence-corrected chi connectivity index (χ2v) is 6.64. The van der Waals surface area contributed by atoms with Crippen molar-refractivity contribution >= 4 is 11.8 Å². The zero-order chi connectivity index (χ0) is 19.9. The number of methoxy groups -OCH3 is 1. The van der Waals surface area contributed by atoms with Crippen LogP contribution in [0.1, 0.15) is 28.9 Å². The van der Waals surface area contributed by atoms with Crippen molar-refractivity contribution in [2.24, 2.45) is 0 Å². The average Bonchev–Trinajstić information content (AvgIpc) is 2.98. The fourth-order valence-electron chi connectivity index (χ4n) is 3.26. The van der Waals surface area contributed by atoms with Gasteiger partial charge in [-0.15, -0.1) is 0 Å². The summed E-state index contributed by atoms with van der Waals surface area (Å²) >= 11 is 0. The maximum Gasteiger partial charge on any atom is 0.279 e. The van der Waals surface area contributed by atoms with Gasteiger partial charge in [-0.05, 0) is 30.5 Å². The molecule has 0 spiro atoms. The molecular weight excluding hydrogens is 360 g/mol. The van der Waals surface area contributed by atoms with Crippen LogP contribution in [0.2, 0.25) is 0 Å². The Morgan fingerprint density at radius 3 is 2.75 bits per heavy atom. The molecule has 1 saturated heterocycles. The Bertz CT molecular complexity index is 896. The van der Waals surface area contributed by atoms with Gasteiger partial charge >= 0.3 is 0 Å². The molecule has 1 N–H and O–H groups in total. The lowest BCUT2D eigenvalue weighted by Gasteiger charge is -2.22. The first-order valence-corrected chi connectivity index (χ1v) is 9.32. The number of rotatable bonds is 5. The zero-order valence-corrected chi connectivity index (χ0v) is 15.9. The summed E-state index contributed by atoms with van der Waals surface area (Å²) in [5, 5.41) is 0. The van der Waals surface area contributed by atoms with Gasteiger partial charge in [-0.25, -0.2) is 4.98 Å². The summed E-state index contributed by atoms with van der Waals surface area (Å²) in [6.07, 6.45) is 4.49. The third-order valence-corrected chi connectivity index (χ3v) is 4.81. The average molecular weight is 384 g/mol. The van der Waals surface area contributed by atoms with Crippen molar-refractivity contribution in [1.29, 1.82) is 0 Å². The summed E-state index contributed by atoms with van der Waals surface area (Å²) in [6.45, 7) is 1.93. The molecule has 3 rings (SSSR count). The van der Waals surface area contributed by atoms with E-state index in [4.69, 9.17) is 4.74 Å². The first-order valence-electron chi connectivity index (χ1n) is 9.32. The summed E-state index contributed by atoms with van der Waals surface area (Å²) in [4.78, 5) is 46.7. The predicted octanol–water partition coefficient (Wildman–Crippen LogP) is 1.09. The summed E-state index contributed by atoms with van der Waals surface area (Å²) in [7, 11) is 1.62. The first kappa shape index (κ1) is 19.6. The van der Waals surface area contributed by atoms with Crippen molar-refractivity contribution in [2.45, 2.75) is 19.3 Å². The van der Waals surface area contributed by atoms with Crippen LogP contribution in [0.25, 0.3) is 0 Å². The smallest absolute Gasteiger partial charge is 0.279 e. The number of amides is 2. The zero-order valence-electron chi connectivity index (χ0n) is 15.9. The van der Waals surface area contributed by atoms with Crippen LogP contribution >= 0.6 is 0 Å². The van der Waals surface area contributed by atoms with Crippen molar-refractivity contribution in [3.63, 3.8) is 0 Å². The van der Waals surface area contributed by atoms with E-state index in [1.165, 1.54) is 12.4 Å². The number of ether oxygens (including phenoxy) is 1. The number of nitrogens with one attached hydrogen (secondary N) is 1. The summed E-state index contributed by atoms with van der Waals surface area (Å²) in [5.74, 6) is 0.443. The molecule has 148 valence electrons. The summed E-state index contributed by atoms with van der Waals surface area (Å²) in [5.41, 5.74) is 0.442. The number of carbonyl (C=O) groups is 2. The van der Waals surface area contributed by atoms with Gasteiger partial charge in [0.2, 0.25) is 5.91 Å². The molecule has 0 radical (unpaired) electrons. The van der Waals surface area contributed by atoms with Crippen LogP contribution < -0.4 is 10.3 Å². The Morgan fingerprint density at radius 2 is 1.96 bits per heavy atom. The number of aromatic amines is 1. The molecule has 2 aromatic rings. The Balaban J connectivity index is 1.55. The fourth-order valence-corrected chi connectivity index (χ4v) is 3.26. The second kappa shape index (κ2) is 9.16. The van der Waals surface area contributed by atoms with E-state index in [1.54, 1.807) is 16.9 Å². The molecule has 1 aliphatic heterocycles. The van der Waals surface area contributed by atoms with E-state index in [0.29, 0.717) is 45.4 Å². The molecule has 0 unspecified atom stereocenters. The van der Waals surface area contributed by atoms with E-state index in [9.17, 15) is 14.4 Å². The minimum atomic E-state index is -0.497. The number of aromatic nitrogens is 2. The van der Waals surface area contributed by atoms with E-state index in [2.05, 4.69) is 9.97 Å². The number of benzene rings is 1. The number of H-pyrrole nitrogens is 1. The van der Waals surface area contributed by atoms with E-state index in [1.807, 2.05) is 24.3 Å². The van der Waals surface area contributed by atoms with Crippen LogP contribution in [0, 0.1) is 0 Å². The molecule has 0 atom stereocenters. The van der Waals surface area contributed by atoms with Crippen LogP contribution in [0.3, 0.4) is 0 Å². The van der Waals surface area contributed by atoms with E-state index >= 15 is 0 Å². The highest BCUT2D eigenvalue weighted by molar-refractivity contribution is 5.92. The predicted molar refractivity (Wildman–Crippen MR) is 103 cm³/mol. The van der Waals surface area contributed by atoms with Gasteiger partial charge in [-0.2, -0.15) is 0 Å². The van der Waals surface area contributed by atoms with Gasteiger partial charge in [-0.1, -0.05) is 12.1 Å². The Kier molecular flexibility index (Phi) is 6.41. The molecular formula is C20H24N4O4. The molecule has 1 aromatic heterocycles. The molecule has 1 aromatic carbocycles. The number of hydrogen-bond donors (Lipinski definition) is 1. The quantitative estimate of drug-likeness (QED) is 0.832. The van der Waals surface area contributed by atoms with Crippen molar-refractivity contribution in [1.82, 2.24) is 19.8 Å². The Hall–Kier alpha value is -3.16. The number of hydrogen-bond acceptors (Lipinski definition) is 5. The van der Waals surface area contributed by atoms with E-state index in [-0.39, 0.29) is 11.6 Å². The highest BCUT2D eigenvalue weighted by Crippen LogP contribution is 2.15. The lowest BCUT2D eigenvalue weighted by Crippen LogP contribution is -2.39. The number of nitrogens with zero attached hydrogens (tertiary/aromatic N) is 3. The molecule has 0 saturated carbocycles. The third-order valence-electron chi connectivity index (χ3n) is 4.81. The second-order valence-electron chi connectivity index (χ2n) is 6.64. The molecule has 1 fully saturated rings. The highest BCUT2D eigenvalue weighted by atomic mass is 16.5. The number of carbonyl (C=O) groups excluding carboxylic acids is 2. The Morgan fingerprint density at radius 1 is 1.18 bits per heavy atom. The van der Waals surface area contributed by atoms with E-state index in [0.717, 1.165) is 11.3 Å². The van der Waals surface area contributed by atoms with Crippen LogP contribution in [0.15, 0.2) is 41.5 Å². The van der Waals surface area contributed by atoms with Gasteiger partial charge < -0.3 is 19.5 Å². The summed E-state index contributed by atoms with van der Waals surface area (Å²) < 4.78 is 5.21. The van der Waals surface area contributed by atoms with Gasteiger partial charge in [0.15, 0.2) is 5.69 Å². The fraction of sp³-hybridized carbons (Fsp3) is 0.400. The summed E-state index contributed by atoms with van der Waals surface area (Å²) in [6, 6.07) is 7.69. The van der Waals surface area contributed by atoms with Crippen LogP contribution in [0.5, 0.6) is 5.75 Å². The Labute approximate surface area is 163 Å². The van der Waals surface area contributed by atoms with Crippen molar-refractivity contribution in [3.05, 3.63) is 58.3 Å². The number of aryl methyl sites for hydroxylation is 1. The maximum absolute atomic E-state index is 12.6. The van der Waals surface area contributed by atoms with Gasteiger partial charge in [0.25, 0.3) is 11.5 Å². The first-order chi connectivity index (χ1) is 13.6. The monoisotopic (exact) mass is 384 g/mol. The molecule has 28 heavy (non-hydrogen) atoms.